The second-order valence-electron chi connectivity index (χ2n) is 7.87. The number of benzene rings is 1. The van der Waals surface area contributed by atoms with Gasteiger partial charge in [-0.25, -0.2) is 0 Å². The molecule has 2 aliphatic rings. The number of hydrogen-bond donors (Lipinski definition) is 2. The van der Waals surface area contributed by atoms with Gasteiger partial charge in [0.2, 0.25) is 0 Å². The first-order chi connectivity index (χ1) is 13.1. The van der Waals surface area contributed by atoms with E-state index in [0.29, 0.717) is 19.0 Å². The molecule has 27 heavy (non-hydrogen) atoms. The SMILES string of the molecule is CC(=O)[C@H](Cc1ccccc1)NC(=O)C[NH+]1CCc2sccc2[C@@H]1C1CC1. The Balaban J connectivity index is 1.41. The number of Topliss-reactive ketones (excluding diaryl/α,β-unsaturated/α-hetero) is 1. The molecule has 4 rings (SSSR count). The summed E-state index contributed by atoms with van der Waals surface area (Å²) in [5.74, 6) is 0.722. The van der Waals surface area contributed by atoms with Gasteiger partial charge in [0.25, 0.3) is 5.91 Å². The molecule has 1 aromatic heterocycles. The van der Waals surface area contributed by atoms with Gasteiger partial charge in [0.05, 0.1) is 12.6 Å². The average molecular weight is 384 g/mol. The van der Waals surface area contributed by atoms with Crippen LogP contribution in [0.4, 0.5) is 0 Å². The van der Waals surface area contributed by atoms with Crippen LogP contribution in [0.15, 0.2) is 41.8 Å². The second-order valence-corrected chi connectivity index (χ2v) is 8.87. The molecule has 5 heteroatoms. The number of quaternary nitrogens is 1. The van der Waals surface area contributed by atoms with Crippen LogP contribution in [-0.4, -0.2) is 30.8 Å². The maximum absolute atomic E-state index is 12.8. The minimum absolute atomic E-state index is 0.00883. The molecule has 1 amide bonds. The van der Waals surface area contributed by atoms with Crippen molar-refractivity contribution in [3.8, 4) is 0 Å². The Hall–Kier alpha value is -1.98. The lowest BCUT2D eigenvalue weighted by Crippen LogP contribution is -3.14. The van der Waals surface area contributed by atoms with E-state index in [9.17, 15) is 9.59 Å². The third-order valence-corrected chi connectivity index (χ3v) is 6.81. The number of hydrogen-bond acceptors (Lipinski definition) is 3. The van der Waals surface area contributed by atoms with Crippen molar-refractivity contribution < 1.29 is 14.5 Å². The van der Waals surface area contributed by atoms with E-state index in [1.807, 2.05) is 41.7 Å². The topological polar surface area (TPSA) is 50.6 Å². The Morgan fingerprint density at radius 1 is 1.22 bits per heavy atom. The molecule has 2 N–H and O–H groups in total. The molecule has 1 aliphatic carbocycles. The third kappa shape index (κ3) is 4.30. The molecular weight excluding hydrogens is 356 g/mol. The first-order valence-electron chi connectivity index (χ1n) is 9.86. The number of thiophene rings is 1. The van der Waals surface area contributed by atoms with Crippen molar-refractivity contribution in [1.82, 2.24) is 5.32 Å². The van der Waals surface area contributed by atoms with Crippen LogP contribution in [0.5, 0.6) is 0 Å². The van der Waals surface area contributed by atoms with Crippen LogP contribution < -0.4 is 10.2 Å². The van der Waals surface area contributed by atoms with E-state index >= 15 is 0 Å². The van der Waals surface area contributed by atoms with E-state index in [1.54, 1.807) is 6.92 Å². The summed E-state index contributed by atoms with van der Waals surface area (Å²) >= 11 is 1.85. The fourth-order valence-corrected chi connectivity index (χ4v) is 5.22. The Morgan fingerprint density at radius 3 is 2.70 bits per heavy atom. The molecule has 1 saturated carbocycles. The maximum atomic E-state index is 12.8. The molecule has 0 radical (unpaired) electrons. The van der Waals surface area contributed by atoms with Gasteiger partial charge in [-0.2, -0.15) is 0 Å². The van der Waals surface area contributed by atoms with Crippen LogP contribution in [0.25, 0.3) is 0 Å². The minimum Gasteiger partial charge on any atom is -0.341 e. The van der Waals surface area contributed by atoms with Crippen LogP contribution in [0, 0.1) is 5.92 Å². The van der Waals surface area contributed by atoms with Crippen molar-refractivity contribution in [3.05, 3.63) is 57.8 Å². The van der Waals surface area contributed by atoms with E-state index in [2.05, 4.69) is 16.8 Å². The van der Waals surface area contributed by atoms with Gasteiger partial charge in [0.15, 0.2) is 12.3 Å². The van der Waals surface area contributed by atoms with E-state index in [0.717, 1.165) is 24.4 Å². The van der Waals surface area contributed by atoms with E-state index in [1.165, 1.54) is 28.2 Å². The van der Waals surface area contributed by atoms with Gasteiger partial charge in [0.1, 0.15) is 6.04 Å². The summed E-state index contributed by atoms with van der Waals surface area (Å²) < 4.78 is 0. The number of carbonyl (C=O) groups is 2. The molecule has 142 valence electrons. The van der Waals surface area contributed by atoms with Crippen LogP contribution in [0.3, 0.4) is 0 Å². The lowest BCUT2D eigenvalue weighted by atomic mass is 9.96. The highest BCUT2D eigenvalue weighted by Crippen LogP contribution is 2.42. The first kappa shape index (κ1) is 18.4. The fraction of sp³-hybridized carbons (Fsp3) is 0.455. The molecule has 4 nitrogen and oxygen atoms in total. The summed E-state index contributed by atoms with van der Waals surface area (Å²) in [5, 5.41) is 5.19. The van der Waals surface area contributed by atoms with Gasteiger partial charge in [0, 0.05) is 22.8 Å². The highest BCUT2D eigenvalue weighted by atomic mass is 32.1. The van der Waals surface area contributed by atoms with Gasteiger partial charge < -0.3 is 10.2 Å². The summed E-state index contributed by atoms with van der Waals surface area (Å²) in [5.41, 5.74) is 2.53. The number of fused-ring (bicyclic) bond motifs is 1. The number of amides is 1. The third-order valence-electron chi connectivity index (χ3n) is 5.82. The Bertz CT molecular complexity index is 813. The zero-order valence-electron chi connectivity index (χ0n) is 15.7. The molecule has 2 aromatic rings. The van der Waals surface area contributed by atoms with Crippen molar-refractivity contribution in [2.24, 2.45) is 5.92 Å². The minimum atomic E-state index is -0.444. The van der Waals surface area contributed by atoms with Crippen molar-refractivity contribution in [2.45, 2.75) is 44.7 Å². The predicted molar refractivity (Wildman–Crippen MR) is 107 cm³/mol. The van der Waals surface area contributed by atoms with Gasteiger partial charge >= 0.3 is 0 Å². The fourth-order valence-electron chi connectivity index (χ4n) is 4.29. The summed E-state index contributed by atoms with van der Waals surface area (Å²) in [4.78, 5) is 27.7. The van der Waals surface area contributed by atoms with Crippen molar-refractivity contribution >= 4 is 23.0 Å². The Labute approximate surface area is 164 Å². The maximum Gasteiger partial charge on any atom is 0.275 e. The van der Waals surface area contributed by atoms with Crippen molar-refractivity contribution in [2.75, 3.05) is 13.1 Å². The summed E-state index contributed by atoms with van der Waals surface area (Å²) in [6, 6.07) is 12.2. The Morgan fingerprint density at radius 2 is 2.00 bits per heavy atom. The molecule has 1 aliphatic heterocycles. The molecule has 1 fully saturated rings. The number of nitrogens with one attached hydrogen (secondary N) is 2. The smallest absolute Gasteiger partial charge is 0.275 e. The van der Waals surface area contributed by atoms with Gasteiger partial charge in [-0.05, 0) is 43.2 Å². The van der Waals surface area contributed by atoms with E-state index in [-0.39, 0.29) is 11.7 Å². The van der Waals surface area contributed by atoms with Crippen LogP contribution in [0.2, 0.25) is 0 Å². The molecule has 0 saturated heterocycles. The normalized spacial score (nSPS) is 22.7. The second kappa shape index (κ2) is 7.95. The monoisotopic (exact) mass is 383 g/mol. The standard InChI is InChI=1S/C22H26N2O2S/c1-15(25)19(13-16-5-3-2-4-6-16)23-21(26)14-24-11-9-20-18(10-12-27-20)22(24)17-7-8-17/h2-6,10,12,17,19,22H,7-9,11,13-14H2,1H3,(H,23,26)/p+1/t19-,22-/m0/s1. The van der Waals surface area contributed by atoms with Gasteiger partial charge in [-0.1, -0.05) is 30.3 Å². The molecule has 1 unspecified atom stereocenters. The molecule has 0 spiro atoms. The van der Waals surface area contributed by atoms with Crippen LogP contribution in [0.1, 0.15) is 41.8 Å². The first-order valence-corrected chi connectivity index (χ1v) is 10.7. The highest BCUT2D eigenvalue weighted by Gasteiger charge is 2.43. The number of carbonyl (C=O) groups excluding carboxylic acids is 2. The lowest BCUT2D eigenvalue weighted by molar-refractivity contribution is -0.928. The number of ketones is 1. The molecular formula is C22H27N2O2S+. The van der Waals surface area contributed by atoms with Gasteiger partial charge in [-0.3, -0.25) is 9.59 Å². The van der Waals surface area contributed by atoms with Gasteiger partial charge in [-0.15, -0.1) is 11.3 Å². The summed E-state index contributed by atoms with van der Waals surface area (Å²) in [7, 11) is 0. The molecule has 2 heterocycles. The van der Waals surface area contributed by atoms with E-state index < -0.39 is 6.04 Å². The lowest BCUT2D eigenvalue weighted by Gasteiger charge is -2.33. The molecule has 3 atom stereocenters. The largest absolute Gasteiger partial charge is 0.341 e. The van der Waals surface area contributed by atoms with Crippen LogP contribution in [-0.2, 0) is 22.4 Å². The zero-order chi connectivity index (χ0) is 18.8. The molecule has 1 aromatic carbocycles. The summed E-state index contributed by atoms with van der Waals surface area (Å²) in [6.07, 6.45) is 4.15. The number of rotatable bonds is 7. The molecule has 0 bridgehead atoms. The predicted octanol–water partition coefficient (Wildman–Crippen LogP) is 1.96. The van der Waals surface area contributed by atoms with E-state index in [4.69, 9.17) is 0 Å². The van der Waals surface area contributed by atoms with Crippen molar-refractivity contribution in [1.29, 1.82) is 0 Å². The average Bonchev–Trinajstić information content (AvgIpc) is 3.38. The quantitative estimate of drug-likeness (QED) is 0.768. The zero-order valence-corrected chi connectivity index (χ0v) is 16.6. The van der Waals surface area contributed by atoms with Crippen molar-refractivity contribution in [3.63, 3.8) is 0 Å². The Kier molecular flexibility index (Phi) is 5.41. The van der Waals surface area contributed by atoms with Crippen LogP contribution >= 0.6 is 11.3 Å². The highest BCUT2D eigenvalue weighted by molar-refractivity contribution is 7.10. The summed E-state index contributed by atoms with van der Waals surface area (Å²) in [6.45, 7) is 3.02.